The number of likely N-dealkylation sites (tertiary alicyclic amines) is 1. The van der Waals surface area contributed by atoms with E-state index >= 15 is 0 Å². The zero-order chi connectivity index (χ0) is 24.7. The van der Waals surface area contributed by atoms with E-state index < -0.39 is 11.7 Å². The number of nitrogens with zero attached hydrogens (tertiary/aromatic N) is 2. The summed E-state index contributed by atoms with van der Waals surface area (Å²) >= 11 is 0. The average Bonchev–Trinajstić information content (AvgIpc) is 2.85. The lowest BCUT2D eigenvalue weighted by Crippen LogP contribution is -2.47. The molecular weight excluding hydrogens is 439 g/mol. The second-order valence-electron chi connectivity index (χ2n) is 8.08. The molecule has 2 N–H and O–H groups in total. The van der Waals surface area contributed by atoms with E-state index in [1.54, 1.807) is 28.0 Å². The van der Waals surface area contributed by atoms with E-state index in [9.17, 15) is 18.8 Å². The van der Waals surface area contributed by atoms with Gasteiger partial charge in [-0.05, 0) is 63.1 Å². The van der Waals surface area contributed by atoms with Crippen LogP contribution in [0.2, 0.25) is 0 Å². The van der Waals surface area contributed by atoms with Gasteiger partial charge in [-0.1, -0.05) is 6.07 Å². The van der Waals surface area contributed by atoms with Gasteiger partial charge in [0.15, 0.2) is 0 Å². The number of amides is 4. The molecule has 0 unspecified atom stereocenters. The number of anilines is 2. The Bertz CT molecular complexity index is 1030. The number of rotatable bonds is 7. The summed E-state index contributed by atoms with van der Waals surface area (Å²) in [5.41, 5.74) is 1.03. The first-order chi connectivity index (χ1) is 16.4. The van der Waals surface area contributed by atoms with Crippen molar-refractivity contribution in [1.29, 1.82) is 0 Å². The van der Waals surface area contributed by atoms with Crippen molar-refractivity contribution in [3.8, 4) is 5.75 Å². The fourth-order valence-corrected chi connectivity index (χ4v) is 3.98. The lowest BCUT2D eigenvalue weighted by Gasteiger charge is -2.34. The number of ether oxygens (including phenoxy) is 1. The Morgan fingerprint density at radius 2 is 1.76 bits per heavy atom. The van der Waals surface area contributed by atoms with Crippen LogP contribution in [0.15, 0.2) is 42.5 Å². The Hall–Kier alpha value is -3.62. The van der Waals surface area contributed by atoms with Gasteiger partial charge in [-0.2, -0.15) is 0 Å². The van der Waals surface area contributed by atoms with E-state index in [1.165, 1.54) is 25.3 Å². The molecule has 2 aromatic rings. The molecular formula is C25H31FN4O4. The first-order valence-corrected chi connectivity index (χ1v) is 11.5. The fraction of sp³-hybridized carbons (Fsp3) is 0.400. The second kappa shape index (κ2) is 11.5. The molecule has 1 saturated heterocycles. The van der Waals surface area contributed by atoms with Crippen LogP contribution in [0.1, 0.15) is 37.0 Å². The highest BCUT2D eigenvalue weighted by molar-refractivity contribution is 6.05. The molecule has 8 nitrogen and oxygen atoms in total. The zero-order valence-corrected chi connectivity index (χ0v) is 19.8. The minimum atomic E-state index is -0.509. The predicted molar refractivity (Wildman–Crippen MR) is 129 cm³/mol. The van der Waals surface area contributed by atoms with Gasteiger partial charge >= 0.3 is 6.03 Å². The van der Waals surface area contributed by atoms with Crippen molar-refractivity contribution in [3.05, 3.63) is 53.8 Å². The van der Waals surface area contributed by atoms with Crippen molar-refractivity contribution in [2.75, 3.05) is 43.9 Å². The summed E-state index contributed by atoms with van der Waals surface area (Å²) in [6.45, 7) is 6.28. The molecule has 3 rings (SSSR count). The molecule has 0 aliphatic carbocycles. The van der Waals surface area contributed by atoms with Crippen molar-refractivity contribution in [2.24, 2.45) is 5.92 Å². The Balaban J connectivity index is 1.63. The second-order valence-corrected chi connectivity index (χ2v) is 8.08. The van der Waals surface area contributed by atoms with Gasteiger partial charge in [0.1, 0.15) is 11.6 Å². The smallest absolute Gasteiger partial charge is 0.319 e. The molecule has 1 fully saturated rings. The summed E-state index contributed by atoms with van der Waals surface area (Å²) in [5, 5.41) is 5.60. The van der Waals surface area contributed by atoms with E-state index in [2.05, 4.69) is 10.6 Å². The average molecular weight is 471 g/mol. The van der Waals surface area contributed by atoms with E-state index in [4.69, 9.17) is 4.74 Å². The van der Waals surface area contributed by atoms with Crippen LogP contribution in [0.25, 0.3) is 0 Å². The quantitative estimate of drug-likeness (QED) is 0.635. The maximum atomic E-state index is 13.5. The third kappa shape index (κ3) is 6.03. The highest BCUT2D eigenvalue weighted by Crippen LogP contribution is 2.29. The van der Waals surface area contributed by atoms with Gasteiger partial charge < -0.3 is 25.2 Å². The minimum absolute atomic E-state index is 0.0118. The summed E-state index contributed by atoms with van der Waals surface area (Å²) in [5.74, 6) is -0.946. The van der Waals surface area contributed by atoms with Crippen LogP contribution in [-0.4, -0.2) is 60.9 Å². The monoisotopic (exact) mass is 470 g/mol. The molecule has 1 aliphatic heterocycles. The van der Waals surface area contributed by atoms with Gasteiger partial charge in [0, 0.05) is 43.3 Å². The van der Waals surface area contributed by atoms with Crippen molar-refractivity contribution in [2.45, 2.75) is 26.7 Å². The summed E-state index contributed by atoms with van der Waals surface area (Å²) in [7, 11) is 1.47. The highest BCUT2D eigenvalue weighted by Gasteiger charge is 2.29. The Labute approximate surface area is 199 Å². The maximum absolute atomic E-state index is 13.5. The Morgan fingerprint density at radius 3 is 2.38 bits per heavy atom. The molecule has 2 aromatic carbocycles. The number of hydrogen-bond acceptors (Lipinski definition) is 4. The lowest BCUT2D eigenvalue weighted by molar-refractivity contribution is -0.121. The number of hydrogen-bond donors (Lipinski definition) is 2. The van der Waals surface area contributed by atoms with Crippen molar-refractivity contribution in [1.82, 2.24) is 9.80 Å². The predicted octanol–water partition coefficient (Wildman–Crippen LogP) is 4.20. The van der Waals surface area contributed by atoms with Crippen LogP contribution in [0.5, 0.6) is 5.75 Å². The molecule has 182 valence electrons. The number of benzene rings is 2. The van der Waals surface area contributed by atoms with Gasteiger partial charge in [-0.25, -0.2) is 9.18 Å². The van der Waals surface area contributed by atoms with Gasteiger partial charge in [-0.3, -0.25) is 9.59 Å². The molecule has 0 aromatic heterocycles. The molecule has 1 aliphatic rings. The van der Waals surface area contributed by atoms with Gasteiger partial charge in [0.05, 0.1) is 12.8 Å². The third-order valence-corrected chi connectivity index (χ3v) is 5.97. The van der Waals surface area contributed by atoms with Crippen molar-refractivity contribution >= 4 is 29.2 Å². The first kappa shape index (κ1) is 25.0. The number of halogens is 1. The van der Waals surface area contributed by atoms with Crippen LogP contribution >= 0.6 is 0 Å². The van der Waals surface area contributed by atoms with Crippen LogP contribution in [0, 0.1) is 11.7 Å². The lowest BCUT2D eigenvalue weighted by atomic mass is 9.96. The van der Waals surface area contributed by atoms with E-state index in [-0.39, 0.29) is 23.4 Å². The number of urea groups is 1. The highest BCUT2D eigenvalue weighted by atomic mass is 19.1. The molecule has 9 heteroatoms. The summed E-state index contributed by atoms with van der Waals surface area (Å²) in [4.78, 5) is 41.5. The number of nitrogens with one attached hydrogen (secondary N) is 2. The molecule has 4 amide bonds. The van der Waals surface area contributed by atoms with Gasteiger partial charge in [0.25, 0.3) is 5.91 Å². The van der Waals surface area contributed by atoms with E-state index in [0.29, 0.717) is 56.1 Å². The van der Waals surface area contributed by atoms with Crippen LogP contribution in [0.4, 0.5) is 20.6 Å². The summed E-state index contributed by atoms with van der Waals surface area (Å²) < 4.78 is 18.8. The first-order valence-electron chi connectivity index (χ1n) is 11.5. The SMILES string of the molecule is CCN(CC)C(=O)N1CCC(C(=O)Nc2ccc(OC)c(NC(=O)c3cccc(F)c3)c2)CC1. The van der Waals surface area contributed by atoms with Gasteiger partial charge in [-0.15, -0.1) is 0 Å². The standard InChI is InChI=1S/C25H31FN4O4/c1-4-29(5-2)25(33)30-13-11-17(12-14-30)23(31)27-20-9-10-22(34-3)21(16-20)28-24(32)18-7-6-8-19(26)15-18/h6-10,15-17H,4-5,11-14H2,1-3H3,(H,27,31)(H,28,32). The summed E-state index contributed by atoms with van der Waals surface area (Å²) in [6.07, 6.45) is 1.16. The Kier molecular flexibility index (Phi) is 8.45. The van der Waals surface area contributed by atoms with E-state index in [0.717, 1.165) is 6.07 Å². The molecule has 34 heavy (non-hydrogen) atoms. The number of carbonyl (C=O) groups excluding carboxylic acids is 3. The topological polar surface area (TPSA) is 91.0 Å². The largest absolute Gasteiger partial charge is 0.495 e. The minimum Gasteiger partial charge on any atom is -0.495 e. The van der Waals surface area contributed by atoms with Crippen molar-refractivity contribution < 1.29 is 23.5 Å². The zero-order valence-electron chi connectivity index (χ0n) is 19.8. The van der Waals surface area contributed by atoms with Crippen LogP contribution < -0.4 is 15.4 Å². The molecule has 1 heterocycles. The third-order valence-electron chi connectivity index (χ3n) is 5.97. The molecule has 0 atom stereocenters. The molecule has 0 saturated carbocycles. The van der Waals surface area contributed by atoms with Gasteiger partial charge in [0.2, 0.25) is 5.91 Å². The number of piperidine rings is 1. The normalized spacial score (nSPS) is 13.8. The summed E-state index contributed by atoms with van der Waals surface area (Å²) in [6, 6.07) is 10.3. The molecule has 0 bridgehead atoms. The Morgan fingerprint density at radius 1 is 1.06 bits per heavy atom. The molecule has 0 radical (unpaired) electrons. The fourth-order valence-electron chi connectivity index (χ4n) is 3.98. The van der Waals surface area contributed by atoms with Crippen LogP contribution in [-0.2, 0) is 4.79 Å². The molecule has 0 spiro atoms. The van der Waals surface area contributed by atoms with Crippen molar-refractivity contribution in [3.63, 3.8) is 0 Å². The number of methoxy groups -OCH3 is 1. The van der Waals surface area contributed by atoms with Crippen LogP contribution in [0.3, 0.4) is 0 Å². The van der Waals surface area contributed by atoms with E-state index in [1.807, 2.05) is 13.8 Å². The maximum Gasteiger partial charge on any atom is 0.319 e. The number of carbonyl (C=O) groups is 3.